The van der Waals surface area contributed by atoms with E-state index in [4.69, 9.17) is 9.84 Å². The lowest BCUT2D eigenvalue weighted by Crippen LogP contribution is -2.58. The third-order valence-corrected chi connectivity index (χ3v) is 5.94. The summed E-state index contributed by atoms with van der Waals surface area (Å²) in [5.74, 6) is -0.952. The number of aliphatic carboxylic acids is 1. The predicted molar refractivity (Wildman–Crippen MR) is 118 cm³/mol. The molecule has 0 radical (unpaired) electrons. The van der Waals surface area contributed by atoms with Crippen molar-refractivity contribution in [3.8, 4) is 5.75 Å². The van der Waals surface area contributed by atoms with Crippen molar-refractivity contribution in [1.82, 2.24) is 9.80 Å². The summed E-state index contributed by atoms with van der Waals surface area (Å²) >= 11 is 3.33. The Balaban J connectivity index is 1.59. The number of hydrogen-bond donors (Lipinski definition) is 1. The first-order chi connectivity index (χ1) is 14.7. The van der Waals surface area contributed by atoms with Crippen LogP contribution in [-0.2, 0) is 22.6 Å². The molecule has 0 aromatic heterocycles. The van der Waals surface area contributed by atoms with Crippen molar-refractivity contribution in [2.45, 2.75) is 38.9 Å². The maximum Gasteiger partial charge on any atom is 0.307 e. The summed E-state index contributed by atoms with van der Waals surface area (Å²) in [6.45, 7) is 5.87. The van der Waals surface area contributed by atoms with Crippen LogP contribution in [0.1, 0.15) is 25.0 Å². The highest BCUT2D eigenvalue weighted by Crippen LogP contribution is 2.24. The van der Waals surface area contributed by atoms with Crippen LogP contribution in [0.15, 0.2) is 46.9 Å². The van der Waals surface area contributed by atoms with Crippen molar-refractivity contribution in [3.63, 3.8) is 0 Å². The van der Waals surface area contributed by atoms with Crippen LogP contribution in [0.3, 0.4) is 0 Å². The van der Waals surface area contributed by atoms with E-state index in [0.717, 1.165) is 10.0 Å². The van der Waals surface area contributed by atoms with E-state index in [1.165, 1.54) is 12.1 Å². The van der Waals surface area contributed by atoms with Gasteiger partial charge < -0.3 is 14.7 Å². The number of amides is 1. The summed E-state index contributed by atoms with van der Waals surface area (Å²) in [5, 5.41) is 9.10. The van der Waals surface area contributed by atoms with Crippen LogP contribution in [0.5, 0.6) is 5.75 Å². The van der Waals surface area contributed by atoms with Gasteiger partial charge in [0.15, 0.2) is 6.61 Å². The first-order valence-corrected chi connectivity index (χ1v) is 10.9. The zero-order chi connectivity index (χ0) is 22.5. The quantitative estimate of drug-likeness (QED) is 0.637. The summed E-state index contributed by atoms with van der Waals surface area (Å²) in [6.07, 6.45) is -0.182. The van der Waals surface area contributed by atoms with Crippen molar-refractivity contribution < 1.29 is 23.8 Å². The maximum absolute atomic E-state index is 13.1. The fraction of sp³-hybridized carbons (Fsp3) is 0.391. The predicted octanol–water partition coefficient (Wildman–Crippen LogP) is 3.72. The molecule has 1 N–H and O–H groups in total. The molecule has 0 aliphatic carbocycles. The Kier molecular flexibility index (Phi) is 7.67. The zero-order valence-corrected chi connectivity index (χ0v) is 19.1. The molecule has 31 heavy (non-hydrogen) atoms. The van der Waals surface area contributed by atoms with E-state index >= 15 is 0 Å². The van der Waals surface area contributed by atoms with E-state index in [1.807, 2.05) is 11.8 Å². The Morgan fingerprint density at radius 3 is 2.52 bits per heavy atom. The molecule has 1 aliphatic heterocycles. The number of carboxylic acids is 1. The minimum Gasteiger partial charge on any atom is -0.483 e. The van der Waals surface area contributed by atoms with Crippen molar-refractivity contribution in [2.24, 2.45) is 0 Å². The van der Waals surface area contributed by atoms with Crippen LogP contribution in [0.2, 0.25) is 0 Å². The second-order valence-electron chi connectivity index (χ2n) is 7.91. The molecule has 1 amide bonds. The van der Waals surface area contributed by atoms with Gasteiger partial charge in [0.2, 0.25) is 0 Å². The number of carbonyl (C=O) groups excluding carboxylic acids is 1. The highest BCUT2D eigenvalue weighted by atomic mass is 79.9. The van der Waals surface area contributed by atoms with Crippen molar-refractivity contribution in [2.75, 3.05) is 19.7 Å². The van der Waals surface area contributed by atoms with Gasteiger partial charge in [-0.05, 0) is 49.7 Å². The molecule has 166 valence electrons. The summed E-state index contributed by atoms with van der Waals surface area (Å²) in [6, 6.07) is 11.7. The Hall–Kier alpha value is -2.45. The average molecular weight is 493 g/mol. The molecule has 0 bridgehead atoms. The first-order valence-electron chi connectivity index (χ1n) is 10.1. The molecule has 1 saturated heterocycles. The molecule has 0 spiro atoms. The number of rotatable bonds is 7. The molecule has 1 heterocycles. The molecular weight excluding hydrogens is 467 g/mol. The number of carboxylic acid groups (broad SMARTS) is 1. The lowest BCUT2D eigenvalue weighted by Gasteiger charge is -2.44. The molecule has 1 aliphatic rings. The summed E-state index contributed by atoms with van der Waals surface area (Å²) < 4.78 is 19.6. The fourth-order valence-corrected chi connectivity index (χ4v) is 4.21. The van der Waals surface area contributed by atoms with Crippen molar-refractivity contribution in [3.05, 3.63) is 63.9 Å². The second-order valence-corrected chi connectivity index (χ2v) is 8.83. The van der Waals surface area contributed by atoms with Crippen LogP contribution < -0.4 is 4.74 Å². The Morgan fingerprint density at radius 2 is 1.84 bits per heavy atom. The van der Waals surface area contributed by atoms with Gasteiger partial charge in [-0.3, -0.25) is 14.5 Å². The standard InChI is InChI=1S/C23H26BrFN2O4/c1-15-12-27(16(2)11-26(15)13-17-3-6-20(25)7-4-17)22(28)14-31-21-8-5-19(24)9-18(21)10-23(29)30/h3-9,15-16H,10-14H2,1-2H3,(H,29,30)/t15-,16+/m0/s1. The maximum atomic E-state index is 13.1. The van der Waals surface area contributed by atoms with Gasteiger partial charge in [0.05, 0.1) is 6.42 Å². The summed E-state index contributed by atoms with van der Waals surface area (Å²) in [7, 11) is 0. The first kappa shape index (κ1) is 23.2. The van der Waals surface area contributed by atoms with Gasteiger partial charge in [0, 0.05) is 41.8 Å². The van der Waals surface area contributed by atoms with Gasteiger partial charge in [0.25, 0.3) is 5.91 Å². The molecular formula is C23H26BrFN2O4. The highest BCUT2D eigenvalue weighted by Gasteiger charge is 2.32. The summed E-state index contributed by atoms with van der Waals surface area (Å²) in [5.41, 5.74) is 1.55. The minimum atomic E-state index is -0.964. The smallest absolute Gasteiger partial charge is 0.307 e. The van der Waals surface area contributed by atoms with Crippen LogP contribution in [-0.4, -0.2) is 58.6 Å². The number of piperazine rings is 1. The largest absolute Gasteiger partial charge is 0.483 e. The number of hydrogen-bond acceptors (Lipinski definition) is 4. The van der Waals surface area contributed by atoms with Gasteiger partial charge >= 0.3 is 5.97 Å². The molecule has 1 fully saturated rings. The van der Waals surface area contributed by atoms with Gasteiger partial charge in [0.1, 0.15) is 11.6 Å². The van der Waals surface area contributed by atoms with Crippen LogP contribution in [0, 0.1) is 5.82 Å². The van der Waals surface area contributed by atoms with E-state index in [2.05, 4.69) is 27.8 Å². The lowest BCUT2D eigenvalue weighted by atomic mass is 10.1. The monoisotopic (exact) mass is 492 g/mol. The van der Waals surface area contributed by atoms with E-state index in [0.29, 0.717) is 30.9 Å². The minimum absolute atomic E-state index is 0.00356. The molecule has 2 atom stereocenters. The van der Waals surface area contributed by atoms with E-state index in [9.17, 15) is 14.0 Å². The topological polar surface area (TPSA) is 70.1 Å². The van der Waals surface area contributed by atoms with Gasteiger partial charge in [-0.25, -0.2) is 4.39 Å². The van der Waals surface area contributed by atoms with Crippen LogP contribution in [0.4, 0.5) is 4.39 Å². The van der Waals surface area contributed by atoms with E-state index in [1.54, 1.807) is 30.3 Å². The van der Waals surface area contributed by atoms with Gasteiger partial charge in [-0.15, -0.1) is 0 Å². The Morgan fingerprint density at radius 1 is 1.13 bits per heavy atom. The number of benzene rings is 2. The Bertz CT molecular complexity index is 938. The molecule has 3 rings (SSSR count). The third-order valence-electron chi connectivity index (χ3n) is 5.45. The van der Waals surface area contributed by atoms with Crippen LogP contribution in [0.25, 0.3) is 0 Å². The molecule has 2 aromatic rings. The number of nitrogens with zero attached hydrogens (tertiary/aromatic N) is 2. The molecule has 6 nitrogen and oxygen atoms in total. The summed E-state index contributed by atoms with van der Waals surface area (Å²) in [4.78, 5) is 28.0. The number of carbonyl (C=O) groups is 2. The van der Waals surface area contributed by atoms with E-state index < -0.39 is 5.97 Å². The normalized spacial score (nSPS) is 19.3. The zero-order valence-electron chi connectivity index (χ0n) is 17.6. The third kappa shape index (κ3) is 6.27. The highest BCUT2D eigenvalue weighted by molar-refractivity contribution is 9.10. The van der Waals surface area contributed by atoms with Gasteiger partial charge in [-0.1, -0.05) is 28.1 Å². The van der Waals surface area contributed by atoms with Crippen LogP contribution >= 0.6 is 15.9 Å². The molecule has 8 heteroatoms. The number of halogens is 2. The van der Waals surface area contributed by atoms with Crippen molar-refractivity contribution in [1.29, 1.82) is 0 Å². The molecule has 0 saturated carbocycles. The average Bonchev–Trinajstić information content (AvgIpc) is 2.71. The lowest BCUT2D eigenvalue weighted by molar-refractivity contribution is -0.139. The van der Waals surface area contributed by atoms with Crippen molar-refractivity contribution >= 4 is 27.8 Å². The van der Waals surface area contributed by atoms with E-state index in [-0.39, 0.29) is 36.8 Å². The Labute approximate surface area is 189 Å². The number of ether oxygens (including phenoxy) is 1. The fourth-order valence-electron chi connectivity index (χ4n) is 3.80. The molecule has 2 aromatic carbocycles. The second kappa shape index (κ2) is 10.2. The SMILES string of the molecule is C[C@@H]1CN(Cc2ccc(F)cc2)[C@@H](C)CN1C(=O)COc1ccc(Br)cc1CC(=O)O. The molecule has 0 unspecified atom stereocenters. The van der Waals surface area contributed by atoms with Gasteiger partial charge in [-0.2, -0.15) is 0 Å².